The highest BCUT2D eigenvalue weighted by Gasteiger charge is 2.09. The number of rotatable bonds is 7. The van der Waals surface area contributed by atoms with Gasteiger partial charge < -0.3 is 4.74 Å². The molecule has 0 aliphatic carbocycles. The van der Waals surface area contributed by atoms with E-state index < -0.39 is 0 Å². The van der Waals surface area contributed by atoms with Gasteiger partial charge in [-0.1, -0.05) is 32.4 Å². The molecule has 0 spiro atoms. The number of ether oxygens (including phenoxy) is 1. The minimum atomic E-state index is 0.145. The van der Waals surface area contributed by atoms with Crippen molar-refractivity contribution in [3.05, 3.63) is 33.3 Å². The molecule has 1 atom stereocenters. The Labute approximate surface area is 135 Å². The molecule has 1 unspecified atom stereocenters. The first-order valence-electron chi connectivity index (χ1n) is 7.85. The van der Waals surface area contributed by atoms with Crippen LogP contribution in [0.15, 0.2) is 22.6 Å². The van der Waals surface area contributed by atoms with Gasteiger partial charge in [-0.05, 0) is 51.7 Å². The highest BCUT2D eigenvalue weighted by molar-refractivity contribution is 7.09. The smallest absolute Gasteiger partial charge is 0.0932 e. The standard InChI is InChI=1S/C16H25NOS.C2H6/c1-6-7-16-17-14(11-19-16)10-13(4)15(18-5)9-8-12(2)3;1-2/h8,10-11,15H,6-7,9H2,1-5H3;1-2H3/b13-10+;. The summed E-state index contributed by atoms with van der Waals surface area (Å²) < 4.78 is 5.55. The first-order valence-corrected chi connectivity index (χ1v) is 8.73. The maximum absolute atomic E-state index is 5.55. The third-order valence-corrected chi connectivity index (χ3v) is 3.87. The van der Waals surface area contributed by atoms with Gasteiger partial charge in [-0.2, -0.15) is 0 Å². The highest BCUT2D eigenvalue weighted by Crippen LogP contribution is 2.18. The molecule has 0 radical (unpaired) electrons. The van der Waals surface area contributed by atoms with Crippen molar-refractivity contribution in [2.24, 2.45) is 0 Å². The summed E-state index contributed by atoms with van der Waals surface area (Å²) in [6, 6.07) is 0. The Kier molecular flexibility index (Phi) is 11.2. The Balaban J connectivity index is 0.00000191. The largest absolute Gasteiger partial charge is 0.377 e. The molecule has 0 bridgehead atoms. The van der Waals surface area contributed by atoms with Gasteiger partial charge in [0.2, 0.25) is 0 Å². The molecule has 2 nitrogen and oxygen atoms in total. The van der Waals surface area contributed by atoms with Gasteiger partial charge in [0.1, 0.15) is 0 Å². The third kappa shape index (κ3) is 8.18. The Morgan fingerprint density at radius 1 is 1.33 bits per heavy atom. The number of hydrogen-bond donors (Lipinski definition) is 0. The topological polar surface area (TPSA) is 22.1 Å². The zero-order valence-electron chi connectivity index (χ0n) is 14.7. The summed E-state index contributed by atoms with van der Waals surface area (Å²) in [6.45, 7) is 12.5. The van der Waals surface area contributed by atoms with Crippen molar-refractivity contribution in [2.45, 2.75) is 66.9 Å². The summed E-state index contributed by atoms with van der Waals surface area (Å²) in [6.07, 6.45) is 7.65. The fourth-order valence-electron chi connectivity index (χ4n) is 1.86. The molecule has 0 saturated heterocycles. The zero-order valence-corrected chi connectivity index (χ0v) is 15.5. The molecule has 0 N–H and O–H groups in total. The van der Waals surface area contributed by atoms with Gasteiger partial charge in [0, 0.05) is 12.5 Å². The van der Waals surface area contributed by atoms with Crippen molar-refractivity contribution in [1.29, 1.82) is 0 Å². The summed E-state index contributed by atoms with van der Waals surface area (Å²) in [5.41, 5.74) is 3.62. The average Bonchev–Trinajstić information content (AvgIpc) is 2.89. The van der Waals surface area contributed by atoms with Crippen LogP contribution in [0.25, 0.3) is 6.08 Å². The number of hydrogen-bond acceptors (Lipinski definition) is 3. The van der Waals surface area contributed by atoms with Crippen LogP contribution in [0.5, 0.6) is 0 Å². The van der Waals surface area contributed by atoms with E-state index in [4.69, 9.17) is 4.74 Å². The highest BCUT2D eigenvalue weighted by atomic mass is 32.1. The van der Waals surface area contributed by atoms with Crippen molar-refractivity contribution in [1.82, 2.24) is 4.98 Å². The van der Waals surface area contributed by atoms with E-state index in [-0.39, 0.29) is 6.10 Å². The molecule has 3 heteroatoms. The van der Waals surface area contributed by atoms with Gasteiger partial charge in [-0.25, -0.2) is 4.98 Å². The molecule has 1 aromatic heterocycles. The molecule has 0 amide bonds. The van der Waals surface area contributed by atoms with E-state index in [0.717, 1.165) is 25.0 Å². The molecule has 0 aliphatic heterocycles. The number of nitrogens with zero attached hydrogens (tertiary/aromatic N) is 1. The van der Waals surface area contributed by atoms with Gasteiger partial charge >= 0.3 is 0 Å². The fourth-order valence-corrected chi connectivity index (χ4v) is 2.71. The number of thiazole rings is 1. The van der Waals surface area contributed by atoms with Crippen molar-refractivity contribution < 1.29 is 4.74 Å². The lowest BCUT2D eigenvalue weighted by molar-refractivity contribution is 0.135. The molecule has 0 fully saturated rings. The summed E-state index contributed by atoms with van der Waals surface area (Å²) >= 11 is 1.75. The lowest BCUT2D eigenvalue weighted by Crippen LogP contribution is -2.10. The van der Waals surface area contributed by atoms with Crippen molar-refractivity contribution in [2.75, 3.05) is 7.11 Å². The number of aromatic nitrogens is 1. The van der Waals surface area contributed by atoms with Crippen LogP contribution >= 0.6 is 11.3 Å². The Morgan fingerprint density at radius 2 is 2.00 bits per heavy atom. The molecule has 21 heavy (non-hydrogen) atoms. The van der Waals surface area contributed by atoms with Crippen LogP contribution in [0.3, 0.4) is 0 Å². The quantitative estimate of drug-likeness (QED) is 0.585. The summed E-state index contributed by atoms with van der Waals surface area (Å²) in [7, 11) is 1.77. The fraction of sp³-hybridized carbons (Fsp3) is 0.611. The monoisotopic (exact) mass is 309 g/mol. The van der Waals surface area contributed by atoms with Crippen molar-refractivity contribution >= 4 is 17.4 Å². The van der Waals surface area contributed by atoms with Crippen LogP contribution in [0, 0.1) is 0 Å². The second-order valence-corrected chi connectivity index (χ2v) is 5.99. The van der Waals surface area contributed by atoms with E-state index in [9.17, 15) is 0 Å². The second kappa shape index (κ2) is 11.7. The normalized spacial score (nSPS) is 12.4. The average molecular weight is 310 g/mol. The van der Waals surface area contributed by atoms with Crippen LogP contribution in [0.1, 0.15) is 65.1 Å². The Morgan fingerprint density at radius 3 is 2.52 bits per heavy atom. The Bertz CT molecular complexity index is 442. The van der Waals surface area contributed by atoms with E-state index in [0.29, 0.717) is 0 Å². The van der Waals surface area contributed by atoms with Crippen LogP contribution in [-0.4, -0.2) is 18.2 Å². The lowest BCUT2D eigenvalue weighted by atomic mass is 10.1. The number of methoxy groups -OCH3 is 1. The summed E-state index contributed by atoms with van der Waals surface area (Å²) in [5.74, 6) is 0. The molecule has 0 aromatic carbocycles. The van der Waals surface area contributed by atoms with Gasteiger partial charge in [-0.3, -0.25) is 0 Å². The molecule has 1 rings (SSSR count). The van der Waals surface area contributed by atoms with Gasteiger partial charge in [0.15, 0.2) is 0 Å². The van der Waals surface area contributed by atoms with Crippen molar-refractivity contribution in [3.63, 3.8) is 0 Å². The number of aryl methyl sites for hydroxylation is 1. The molecular weight excluding hydrogens is 278 g/mol. The predicted octanol–water partition coefficient (Wildman–Crippen LogP) is 5.90. The Hall–Kier alpha value is -0.930. The number of allylic oxidation sites excluding steroid dienone is 1. The molecule has 0 aliphatic rings. The minimum Gasteiger partial charge on any atom is -0.377 e. The van der Waals surface area contributed by atoms with Crippen LogP contribution in [0.4, 0.5) is 0 Å². The van der Waals surface area contributed by atoms with Crippen LogP contribution < -0.4 is 0 Å². The second-order valence-electron chi connectivity index (χ2n) is 5.05. The maximum Gasteiger partial charge on any atom is 0.0932 e. The van der Waals surface area contributed by atoms with Gasteiger partial charge in [0.25, 0.3) is 0 Å². The third-order valence-electron chi connectivity index (χ3n) is 2.94. The van der Waals surface area contributed by atoms with E-state index in [1.807, 2.05) is 13.8 Å². The van der Waals surface area contributed by atoms with Crippen LogP contribution in [-0.2, 0) is 11.2 Å². The van der Waals surface area contributed by atoms with E-state index >= 15 is 0 Å². The maximum atomic E-state index is 5.55. The van der Waals surface area contributed by atoms with Crippen molar-refractivity contribution in [3.8, 4) is 0 Å². The first kappa shape index (κ1) is 20.1. The predicted molar refractivity (Wildman–Crippen MR) is 96.0 cm³/mol. The molecular formula is C18H31NOS. The van der Waals surface area contributed by atoms with Crippen LogP contribution in [0.2, 0.25) is 0 Å². The van der Waals surface area contributed by atoms with Gasteiger partial charge in [-0.15, -0.1) is 11.3 Å². The lowest BCUT2D eigenvalue weighted by Gasteiger charge is -2.14. The molecule has 1 aromatic rings. The summed E-state index contributed by atoms with van der Waals surface area (Å²) in [4.78, 5) is 4.62. The SMILES string of the molecule is CC.CCCc1nc(/C=C(\C)C(CC=C(C)C)OC)cs1. The van der Waals surface area contributed by atoms with E-state index in [2.05, 4.69) is 50.2 Å². The molecule has 120 valence electrons. The zero-order chi connectivity index (χ0) is 16.3. The van der Waals surface area contributed by atoms with E-state index in [1.54, 1.807) is 18.4 Å². The minimum absolute atomic E-state index is 0.145. The van der Waals surface area contributed by atoms with Gasteiger partial charge in [0.05, 0.1) is 16.8 Å². The molecule has 1 heterocycles. The molecule has 0 saturated carbocycles. The first-order chi connectivity index (χ1) is 10.1. The summed E-state index contributed by atoms with van der Waals surface area (Å²) in [5, 5.41) is 3.35. The van der Waals surface area contributed by atoms with E-state index in [1.165, 1.54) is 16.2 Å².